The van der Waals surface area contributed by atoms with Crippen molar-refractivity contribution in [2.75, 3.05) is 30.9 Å². The maximum absolute atomic E-state index is 11.9. The monoisotopic (exact) mass is 309 g/mol. The Morgan fingerprint density at radius 1 is 1.09 bits per heavy atom. The van der Waals surface area contributed by atoms with Crippen LogP contribution in [-0.2, 0) is 6.54 Å². The van der Waals surface area contributed by atoms with Crippen molar-refractivity contribution in [1.29, 1.82) is 0 Å². The molecule has 2 aromatic carbocycles. The summed E-state index contributed by atoms with van der Waals surface area (Å²) in [6.45, 7) is 4.99. The maximum atomic E-state index is 11.9. The molecule has 2 aromatic rings. The van der Waals surface area contributed by atoms with Crippen LogP contribution in [0.2, 0.25) is 0 Å². The molecule has 0 aliphatic carbocycles. The van der Waals surface area contributed by atoms with Crippen LogP contribution < -0.4 is 10.2 Å². The van der Waals surface area contributed by atoms with Gasteiger partial charge in [-0.05, 0) is 29.8 Å². The molecule has 0 aliphatic heterocycles. The van der Waals surface area contributed by atoms with E-state index in [1.807, 2.05) is 42.5 Å². The highest BCUT2D eigenvalue weighted by Crippen LogP contribution is 2.19. The highest BCUT2D eigenvalue weighted by atomic mass is 16.2. The Labute approximate surface area is 138 Å². The molecule has 2 amide bonds. The fourth-order valence-electron chi connectivity index (χ4n) is 2.24. The number of urea groups is 1. The number of nitrogens with one attached hydrogen (secondary N) is 1. The third-order valence-corrected chi connectivity index (χ3v) is 3.57. The smallest absolute Gasteiger partial charge is 0.321 e. The van der Waals surface area contributed by atoms with Crippen LogP contribution in [0.25, 0.3) is 0 Å². The summed E-state index contributed by atoms with van der Waals surface area (Å²) in [6, 6.07) is 18.0. The molecule has 23 heavy (non-hydrogen) atoms. The summed E-state index contributed by atoms with van der Waals surface area (Å²) in [5.41, 5.74) is 3.15. The van der Waals surface area contributed by atoms with E-state index in [9.17, 15) is 4.79 Å². The van der Waals surface area contributed by atoms with Gasteiger partial charge in [-0.3, -0.25) is 0 Å². The molecule has 0 saturated carbocycles. The van der Waals surface area contributed by atoms with Gasteiger partial charge in [0.1, 0.15) is 0 Å². The molecule has 0 radical (unpaired) electrons. The van der Waals surface area contributed by atoms with Crippen LogP contribution >= 0.6 is 0 Å². The van der Waals surface area contributed by atoms with Crippen molar-refractivity contribution in [3.8, 4) is 0 Å². The fourth-order valence-corrected chi connectivity index (χ4v) is 2.24. The molecule has 0 spiro atoms. The van der Waals surface area contributed by atoms with E-state index in [4.69, 9.17) is 0 Å². The molecule has 4 nitrogen and oxygen atoms in total. The van der Waals surface area contributed by atoms with Gasteiger partial charge in [0, 0.05) is 38.6 Å². The summed E-state index contributed by atoms with van der Waals surface area (Å²) < 4.78 is 0. The van der Waals surface area contributed by atoms with Gasteiger partial charge in [-0.2, -0.15) is 0 Å². The van der Waals surface area contributed by atoms with Crippen molar-refractivity contribution in [2.24, 2.45) is 0 Å². The summed E-state index contributed by atoms with van der Waals surface area (Å²) in [5.74, 6) is 0. The molecule has 0 heterocycles. The van der Waals surface area contributed by atoms with E-state index < -0.39 is 0 Å². The molecule has 0 unspecified atom stereocenters. The lowest BCUT2D eigenvalue weighted by molar-refractivity contribution is 0.226. The molecule has 0 bridgehead atoms. The molecule has 0 saturated heterocycles. The average Bonchev–Trinajstić information content (AvgIpc) is 2.56. The van der Waals surface area contributed by atoms with Gasteiger partial charge in [0.05, 0.1) is 0 Å². The van der Waals surface area contributed by atoms with Gasteiger partial charge < -0.3 is 15.1 Å². The second kappa shape index (κ2) is 8.03. The van der Waals surface area contributed by atoms with Crippen molar-refractivity contribution < 1.29 is 4.79 Å². The summed E-state index contributed by atoms with van der Waals surface area (Å²) in [6.07, 6.45) is 1.70. The maximum Gasteiger partial charge on any atom is 0.321 e. The quantitative estimate of drug-likeness (QED) is 0.819. The first-order valence-corrected chi connectivity index (χ1v) is 7.58. The molecule has 0 atom stereocenters. The fraction of sp³-hybridized carbons (Fsp3) is 0.211. The molecule has 0 aliphatic rings. The largest absolute Gasteiger partial charge is 0.370 e. The van der Waals surface area contributed by atoms with Gasteiger partial charge in [-0.1, -0.05) is 36.4 Å². The van der Waals surface area contributed by atoms with Gasteiger partial charge in [0.25, 0.3) is 0 Å². The minimum Gasteiger partial charge on any atom is -0.370 e. The Morgan fingerprint density at radius 3 is 2.35 bits per heavy atom. The van der Waals surface area contributed by atoms with Crippen LogP contribution in [0.3, 0.4) is 0 Å². The molecular weight excluding hydrogens is 286 g/mol. The lowest BCUT2D eigenvalue weighted by atomic mass is 10.2. The molecule has 120 valence electrons. The number of benzene rings is 2. The van der Waals surface area contributed by atoms with Gasteiger partial charge >= 0.3 is 6.03 Å². The Balaban J connectivity index is 1.96. The standard InChI is InChI=1S/C19H23N3O/c1-4-14-21(2)19(23)20-17-10-12-18(13-11-17)22(3)15-16-8-6-5-7-9-16/h4-13H,1,14-15H2,2-3H3,(H,20,23). The van der Waals surface area contributed by atoms with Crippen LogP contribution in [0, 0.1) is 0 Å². The summed E-state index contributed by atoms with van der Waals surface area (Å²) >= 11 is 0. The van der Waals surface area contributed by atoms with Crippen molar-refractivity contribution in [1.82, 2.24) is 4.90 Å². The zero-order valence-corrected chi connectivity index (χ0v) is 13.7. The highest BCUT2D eigenvalue weighted by Gasteiger charge is 2.07. The third kappa shape index (κ3) is 4.88. The summed E-state index contributed by atoms with van der Waals surface area (Å²) in [4.78, 5) is 15.7. The van der Waals surface area contributed by atoms with Crippen molar-refractivity contribution >= 4 is 17.4 Å². The lowest BCUT2D eigenvalue weighted by Crippen LogP contribution is -2.31. The minimum absolute atomic E-state index is 0.143. The van der Waals surface area contributed by atoms with Gasteiger partial charge in [0.2, 0.25) is 0 Å². The van der Waals surface area contributed by atoms with Gasteiger partial charge in [-0.15, -0.1) is 6.58 Å². The number of rotatable bonds is 6. The molecule has 4 heteroatoms. The first-order valence-electron chi connectivity index (χ1n) is 7.58. The van der Waals surface area contributed by atoms with E-state index in [0.29, 0.717) is 6.54 Å². The zero-order valence-electron chi connectivity index (χ0n) is 13.7. The molecule has 1 N–H and O–H groups in total. The topological polar surface area (TPSA) is 35.6 Å². The number of carbonyl (C=O) groups is 1. The van der Waals surface area contributed by atoms with E-state index in [0.717, 1.165) is 17.9 Å². The van der Waals surface area contributed by atoms with E-state index in [1.54, 1.807) is 18.0 Å². The van der Waals surface area contributed by atoms with E-state index in [2.05, 4.69) is 36.0 Å². The van der Waals surface area contributed by atoms with Crippen LogP contribution in [0.5, 0.6) is 0 Å². The first kappa shape index (κ1) is 16.6. The van der Waals surface area contributed by atoms with Crippen molar-refractivity contribution in [3.63, 3.8) is 0 Å². The number of anilines is 2. The normalized spacial score (nSPS) is 10.0. The van der Waals surface area contributed by atoms with Gasteiger partial charge in [-0.25, -0.2) is 4.79 Å². The summed E-state index contributed by atoms with van der Waals surface area (Å²) in [5, 5.41) is 2.86. The molecule has 0 fully saturated rings. The van der Waals surface area contributed by atoms with Gasteiger partial charge in [0.15, 0.2) is 0 Å². The van der Waals surface area contributed by atoms with E-state index in [1.165, 1.54) is 5.56 Å². The van der Waals surface area contributed by atoms with E-state index in [-0.39, 0.29) is 6.03 Å². The Kier molecular flexibility index (Phi) is 5.80. The van der Waals surface area contributed by atoms with Crippen LogP contribution in [0.15, 0.2) is 67.3 Å². The number of amides is 2. The minimum atomic E-state index is -0.143. The number of likely N-dealkylation sites (N-methyl/N-ethyl adjacent to an activating group) is 1. The van der Waals surface area contributed by atoms with Crippen molar-refractivity contribution in [2.45, 2.75) is 6.54 Å². The SMILES string of the molecule is C=CCN(C)C(=O)Nc1ccc(N(C)Cc2ccccc2)cc1. The van der Waals surface area contributed by atoms with Crippen LogP contribution in [0.1, 0.15) is 5.56 Å². The zero-order chi connectivity index (χ0) is 16.7. The number of carbonyl (C=O) groups excluding carboxylic acids is 1. The molecule has 2 rings (SSSR count). The predicted molar refractivity (Wildman–Crippen MR) is 96.8 cm³/mol. The van der Waals surface area contributed by atoms with Crippen LogP contribution in [0.4, 0.5) is 16.2 Å². The predicted octanol–water partition coefficient (Wildman–Crippen LogP) is 3.97. The Hall–Kier alpha value is -2.75. The lowest BCUT2D eigenvalue weighted by Gasteiger charge is -2.20. The summed E-state index contributed by atoms with van der Waals surface area (Å²) in [7, 11) is 3.79. The first-order chi connectivity index (χ1) is 11.1. The van der Waals surface area contributed by atoms with Crippen molar-refractivity contribution in [3.05, 3.63) is 72.8 Å². The second-order valence-corrected chi connectivity index (χ2v) is 5.49. The second-order valence-electron chi connectivity index (χ2n) is 5.49. The third-order valence-electron chi connectivity index (χ3n) is 3.57. The number of hydrogen-bond acceptors (Lipinski definition) is 2. The van der Waals surface area contributed by atoms with E-state index >= 15 is 0 Å². The highest BCUT2D eigenvalue weighted by molar-refractivity contribution is 5.89. The van der Waals surface area contributed by atoms with Crippen LogP contribution in [-0.4, -0.2) is 31.6 Å². The Bertz CT molecular complexity index is 637. The number of hydrogen-bond donors (Lipinski definition) is 1. The molecule has 0 aromatic heterocycles. The average molecular weight is 309 g/mol. The molecular formula is C19H23N3O. The number of nitrogens with zero attached hydrogens (tertiary/aromatic N) is 2. The Morgan fingerprint density at radius 2 is 1.74 bits per heavy atom.